The quantitative estimate of drug-likeness (QED) is 0.875. The van der Waals surface area contributed by atoms with Gasteiger partial charge < -0.3 is 10.4 Å². The van der Waals surface area contributed by atoms with E-state index in [0.29, 0.717) is 19.4 Å². The summed E-state index contributed by atoms with van der Waals surface area (Å²) in [4.78, 5) is 23.4. The van der Waals surface area contributed by atoms with Crippen molar-refractivity contribution in [2.75, 3.05) is 6.54 Å². The van der Waals surface area contributed by atoms with Crippen LogP contribution < -0.4 is 5.32 Å². The number of aryl methyl sites for hydroxylation is 1. The molecule has 2 atom stereocenters. The lowest BCUT2D eigenvalue weighted by molar-refractivity contribution is -0.148. The van der Waals surface area contributed by atoms with Gasteiger partial charge in [0.25, 0.3) is 0 Å². The van der Waals surface area contributed by atoms with Crippen molar-refractivity contribution in [1.29, 1.82) is 0 Å². The van der Waals surface area contributed by atoms with Crippen LogP contribution in [0.2, 0.25) is 0 Å². The topological polar surface area (TPSA) is 66.4 Å². The van der Waals surface area contributed by atoms with E-state index in [-0.39, 0.29) is 11.8 Å². The van der Waals surface area contributed by atoms with Gasteiger partial charge in [-0.15, -0.1) is 0 Å². The number of carbonyl (C=O) groups excluding carboxylic acids is 1. The summed E-state index contributed by atoms with van der Waals surface area (Å²) >= 11 is 0. The zero-order valence-corrected chi connectivity index (χ0v) is 12.5. The van der Waals surface area contributed by atoms with E-state index < -0.39 is 11.9 Å². The molecule has 1 aromatic rings. The number of benzene rings is 1. The van der Waals surface area contributed by atoms with Crippen LogP contribution in [-0.2, 0) is 16.0 Å². The van der Waals surface area contributed by atoms with Gasteiger partial charge in [-0.2, -0.15) is 0 Å². The van der Waals surface area contributed by atoms with Crippen molar-refractivity contribution in [2.45, 2.75) is 39.0 Å². The van der Waals surface area contributed by atoms with Crippen molar-refractivity contribution in [3.8, 4) is 0 Å². The van der Waals surface area contributed by atoms with Gasteiger partial charge in [0.15, 0.2) is 0 Å². The van der Waals surface area contributed by atoms with E-state index in [1.807, 2.05) is 12.1 Å². The summed E-state index contributed by atoms with van der Waals surface area (Å²) in [6.45, 7) is 2.62. The number of carboxylic acid groups (broad SMARTS) is 1. The minimum absolute atomic E-state index is 0.101. The van der Waals surface area contributed by atoms with Gasteiger partial charge >= 0.3 is 5.97 Å². The maximum Gasteiger partial charge on any atom is 0.307 e. The first-order valence-electron chi connectivity index (χ1n) is 7.64. The molecular weight excluding hydrogens is 266 g/mol. The van der Waals surface area contributed by atoms with E-state index in [2.05, 4.69) is 24.4 Å². The number of rotatable bonds is 5. The zero-order valence-electron chi connectivity index (χ0n) is 12.5. The smallest absolute Gasteiger partial charge is 0.307 e. The normalized spacial score (nSPS) is 21.8. The number of amides is 1. The number of nitrogens with one attached hydrogen (secondary N) is 1. The second-order valence-corrected chi connectivity index (χ2v) is 5.80. The minimum Gasteiger partial charge on any atom is -0.481 e. The third-order valence-electron chi connectivity index (χ3n) is 4.37. The highest BCUT2D eigenvalue weighted by atomic mass is 16.4. The van der Waals surface area contributed by atoms with E-state index in [4.69, 9.17) is 0 Å². The summed E-state index contributed by atoms with van der Waals surface area (Å²) in [5, 5.41) is 12.1. The lowest BCUT2D eigenvalue weighted by Crippen LogP contribution is -2.40. The van der Waals surface area contributed by atoms with Crippen LogP contribution in [0.1, 0.15) is 36.8 Å². The highest BCUT2D eigenvalue weighted by molar-refractivity contribution is 5.84. The molecule has 1 saturated carbocycles. The van der Waals surface area contributed by atoms with E-state index in [1.54, 1.807) is 0 Å². The Morgan fingerprint density at radius 3 is 2.52 bits per heavy atom. The molecule has 0 aliphatic heterocycles. The molecule has 2 rings (SSSR count). The fourth-order valence-electron chi connectivity index (χ4n) is 3.08. The monoisotopic (exact) mass is 289 g/mol. The van der Waals surface area contributed by atoms with E-state index in [0.717, 1.165) is 19.3 Å². The highest BCUT2D eigenvalue weighted by Gasteiger charge is 2.35. The summed E-state index contributed by atoms with van der Waals surface area (Å²) in [6, 6.07) is 8.10. The number of aliphatic carboxylic acids is 1. The molecule has 0 aromatic heterocycles. The van der Waals surface area contributed by atoms with Crippen molar-refractivity contribution in [3.05, 3.63) is 35.4 Å². The van der Waals surface area contributed by atoms with Crippen molar-refractivity contribution >= 4 is 11.9 Å². The van der Waals surface area contributed by atoms with E-state index >= 15 is 0 Å². The van der Waals surface area contributed by atoms with Crippen LogP contribution in [0, 0.1) is 18.8 Å². The third-order valence-corrected chi connectivity index (χ3v) is 4.37. The predicted octanol–water partition coefficient (Wildman–Crippen LogP) is 2.54. The Kier molecular flexibility index (Phi) is 5.37. The van der Waals surface area contributed by atoms with Crippen LogP contribution in [0.25, 0.3) is 0 Å². The molecule has 1 amide bonds. The molecule has 1 aliphatic rings. The van der Waals surface area contributed by atoms with Gasteiger partial charge in [-0.25, -0.2) is 0 Å². The summed E-state index contributed by atoms with van der Waals surface area (Å²) in [7, 11) is 0. The van der Waals surface area contributed by atoms with Crippen LogP contribution in [-0.4, -0.2) is 23.5 Å². The van der Waals surface area contributed by atoms with Crippen LogP contribution in [0.3, 0.4) is 0 Å². The summed E-state index contributed by atoms with van der Waals surface area (Å²) in [5.74, 6) is -1.82. The van der Waals surface area contributed by atoms with E-state index in [1.165, 1.54) is 11.1 Å². The van der Waals surface area contributed by atoms with Crippen LogP contribution in [0.5, 0.6) is 0 Å². The molecule has 1 aliphatic carbocycles. The molecule has 2 N–H and O–H groups in total. The molecule has 0 radical (unpaired) electrons. The fourth-order valence-corrected chi connectivity index (χ4v) is 3.08. The Bertz CT molecular complexity index is 513. The SMILES string of the molecule is Cc1ccccc1CCNC(=O)[C@@H]1CCCC[C@@H]1C(=O)O. The summed E-state index contributed by atoms with van der Waals surface area (Å²) < 4.78 is 0. The van der Waals surface area contributed by atoms with Crippen LogP contribution in [0.15, 0.2) is 24.3 Å². The lowest BCUT2D eigenvalue weighted by Gasteiger charge is -2.27. The first-order valence-corrected chi connectivity index (χ1v) is 7.64. The molecule has 1 aromatic carbocycles. The van der Waals surface area contributed by atoms with Gasteiger partial charge in [-0.3, -0.25) is 9.59 Å². The van der Waals surface area contributed by atoms with Gasteiger partial charge in [-0.05, 0) is 37.3 Å². The number of hydrogen-bond acceptors (Lipinski definition) is 2. The summed E-state index contributed by atoms with van der Waals surface area (Å²) in [6.07, 6.45) is 3.94. The maximum atomic E-state index is 12.2. The van der Waals surface area contributed by atoms with E-state index in [9.17, 15) is 14.7 Å². The molecule has 1 fully saturated rings. The molecule has 0 unspecified atom stereocenters. The van der Waals surface area contributed by atoms with Gasteiger partial charge in [0.2, 0.25) is 5.91 Å². The predicted molar refractivity (Wildman–Crippen MR) is 81.0 cm³/mol. The van der Waals surface area contributed by atoms with Crippen LogP contribution >= 0.6 is 0 Å². The molecule has 4 nitrogen and oxygen atoms in total. The number of hydrogen-bond donors (Lipinski definition) is 2. The number of carbonyl (C=O) groups is 2. The zero-order chi connectivity index (χ0) is 15.2. The molecule has 0 spiro atoms. The van der Waals surface area contributed by atoms with Crippen molar-refractivity contribution in [1.82, 2.24) is 5.32 Å². The average molecular weight is 289 g/mol. The van der Waals surface area contributed by atoms with Gasteiger partial charge in [-0.1, -0.05) is 37.1 Å². The Labute approximate surface area is 125 Å². The lowest BCUT2D eigenvalue weighted by atomic mass is 9.78. The summed E-state index contributed by atoms with van der Waals surface area (Å²) in [5.41, 5.74) is 2.43. The molecule has 21 heavy (non-hydrogen) atoms. The Morgan fingerprint density at radius 2 is 1.86 bits per heavy atom. The standard InChI is InChI=1S/C17H23NO3/c1-12-6-2-3-7-13(12)10-11-18-16(19)14-8-4-5-9-15(14)17(20)21/h2-3,6-7,14-15H,4-5,8-11H2,1H3,(H,18,19)(H,20,21)/t14-,15+/m1/s1. The van der Waals surface area contributed by atoms with Crippen LogP contribution in [0.4, 0.5) is 0 Å². The van der Waals surface area contributed by atoms with Crippen molar-refractivity contribution < 1.29 is 14.7 Å². The molecular formula is C17H23NO3. The maximum absolute atomic E-state index is 12.2. The van der Waals surface area contributed by atoms with Gasteiger partial charge in [0.05, 0.1) is 11.8 Å². The molecule has 114 valence electrons. The second-order valence-electron chi connectivity index (χ2n) is 5.80. The first-order chi connectivity index (χ1) is 10.1. The van der Waals surface area contributed by atoms with Gasteiger partial charge in [0, 0.05) is 6.54 Å². The highest BCUT2D eigenvalue weighted by Crippen LogP contribution is 2.30. The largest absolute Gasteiger partial charge is 0.481 e. The Morgan fingerprint density at radius 1 is 1.19 bits per heavy atom. The Balaban J connectivity index is 1.86. The van der Waals surface area contributed by atoms with Gasteiger partial charge in [0.1, 0.15) is 0 Å². The van der Waals surface area contributed by atoms with Crippen molar-refractivity contribution in [3.63, 3.8) is 0 Å². The number of carboxylic acids is 1. The Hall–Kier alpha value is -1.84. The molecule has 4 heteroatoms. The molecule has 0 heterocycles. The first kappa shape index (κ1) is 15.5. The molecule has 0 bridgehead atoms. The fraction of sp³-hybridized carbons (Fsp3) is 0.529. The second kappa shape index (κ2) is 7.25. The van der Waals surface area contributed by atoms with Crippen molar-refractivity contribution in [2.24, 2.45) is 11.8 Å². The average Bonchev–Trinajstić information content (AvgIpc) is 2.49. The third kappa shape index (κ3) is 4.06. The minimum atomic E-state index is -0.839. The molecule has 0 saturated heterocycles.